The van der Waals surface area contributed by atoms with E-state index in [0.29, 0.717) is 6.42 Å². The number of alkyl halides is 3. The molecule has 2 rings (SSSR count). The van der Waals surface area contributed by atoms with E-state index in [4.69, 9.17) is 4.74 Å². The molecule has 1 N–H and O–H groups in total. The first-order valence-electron chi connectivity index (χ1n) is 6.97. The lowest BCUT2D eigenvalue weighted by atomic mass is 9.83. The molecule has 1 aromatic carbocycles. The Morgan fingerprint density at radius 2 is 2.10 bits per heavy atom. The smallest absolute Gasteiger partial charge is 0.401 e. The molecule has 0 amide bonds. The number of aryl methyl sites for hydroxylation is 1. The van der Waals surface area contributed by atoms with Crippen molar-refractivity contribution >= 4 is 0 Å². The van der Waals surface area contributed by atoms with E-state index in [-0.39, 0.29) is 12.1 Å². The molecule has 0 aromatic heterocycles. The summed E-state index contributed by atoms with van der Waals surface area (Å²) >= 11 is 0. The standard InChI is InChI=1S/C15H21F3N2O/c1-19-14-12-6-5-11(21-3)8-10(12)4-7-13(14)20(2)9-15(16,17)18/h5-6,8,13-14,19H,4,7,9H2,1-3H3. The van der Waals surface area contributed by atoms with E-state index in [9.17, 15) is 13.2 Å². The first-order valence-corrected chi connectivity index (χ1v) is 6.97. The van der Waals surface area contributed by atoms with Crippen molar-refractivity contribution in [1.82, 2.24) is 10.2 Å². The van der Waals surface area contributed by atoms with Crippen molar-refractivity contribution < 1.29 is 17.9 Å². The topological polar surface area (TPSA) is 24.5 Å². The van der Waals surface area contributed by atoms with E-state index >= 15 is 0 Å². The summed E-state index contributed by atoms with van der Waals surface area (Å²) in [5, 5.41) is 3.16. The molecule has 0 heterocycles. The van der Waals surface area contributed by atoms with Gasteiger partial charge in [0.25, 0.3) is 0 Å². The van der Waals surface area contributed by atoms with Crippen molar-refractivity contribution in [2.75, 3.05) is 27.7 Å². The molecular weight excluding hydrogens is 281 g/mol. The highest BCUT2D eigenvalue weighted by Gasteiger charge is 2.37. The summed E-state index contributed by atoms with van der Waals surface area (Å²) in [7, 11) is 4.94. The second-order valence-corrected chi connectivity index (χ2v) is 5.47. The Bertz CT molecular complexity index is 490. The van der Waals surface area contributed by atoms with Gasteiger partial charge < -0.3 is 10.1 Å². The first kappa shape index (κ1) is 16.1. The van der Waals surface area contributed by atoms with Crippen LogP contribution in [0.2, 0.25) is 0 Å². The number of fused-ring (bicyclic) bond motifs is 1. The van der Waals surface area contributed by atoms with Crippen LogP contribution in [-0.2, 0) is 6.42 Å². The lowest BCUT2D eigenvalue weighted by Crippen LogP contribution is -2.47. The zero-order chi connectivity index (χ0) is 15.6. The number of ether oxygens (including phenoxy) is 1. The van der Waals surface area contributed by atoms with Crippen LogP contribution in [0.1, 0.15) is 23.6 Å². The highest BCUT2D eigenvalue weighted by Crippen LogP contribution is 2.35. The van der Waals surface area contributed by atoms with E-state index in [1.807, 2.05) is 18.2 Å². The zero-order valence-electron chi connectivity index (χ0n) is 12.5. The molecule has 0 radical (unpaired) electrons. The molecule has 0 saturated heterocycles. The number of nitrogens with one attached hydrogen (secondary N) is 1. The second-order valence-electron chi connectivity index (χ2n) is 5.47. The lowest BCUT2D eigenvalue weighted by Gasteiger charge is -2.39. The Labute approximate surface area is 123 Å². The van der Waals surface area contributed by atoms with Crippen molar-refractivity contribution in [1.29, 1.82) is 0 Å². The van der Waals surface area contributed by atoms with Gasteiger partial charge in [-0.25, -0.2) is 0 Å². The average molecular weight is 302 g/mol. The van der Waals surface area contributed by atoms with Crippen molar-refractivity contribution in [3.05, 3.63) is 29.3 Å². The quantitative estimate of drug-likeness (QED) is 0.925. The van der Waals surface area contributed by atoms with Crippen LogP contribution in [0.4, 0.5) is 13.2 Å². The fraction of sp³-hybridized carbons (Fsp3) is 0.600. The van der Waals surface area contributed by atoms with Crippen molar-refractivity contribution in [3.63, 3.8) is 0 Å². The normalized spacial score (nSPS) is 22.2. The summed E-state index contributed by atoms with van der Waals surface area (Å²) in [6.07, 6.45) is -2.72. The van der Waals surface area contributed by atoms with Crippen LogP contribution in [-0.4, -0.2) is 44.9 Å². The molecule has 0 fully saturated rings. The third-order valence-corrected chi connectivity index (χ3v) is 4.09. The molecule has 0 saturated carbocycles. The molecule has 0 bridgehead atoms. The molecule has 3 nitrogen and oxygen atoms in total. The molecule has 1 aromatic rings. The molecule has 0 spiro atoms. The van der Waals surface area contributed by atoms with Gasteiger partial charge in [0, 0.05) is 12.1 Å². The third-order valence-electron chi connectivity index (χ3n) is 4.09. The van der Waals surface area contributed by atoms with E-state index in [1.54, 1.807) is 14.2 Å². The molecule has 1 aliphatic rings. The van der Waals surface area contributed by atoms with Crippen LogP contribution in [0.15, 0.2) is 18.2 Å². The summed E-state index contributed by atoms with van der Waals surface area (Å²) in [6.45, 7) is -0.888. The molecular formula is C15H21F3N2O. The van der Waals surface area contributed by atoms with Gasteiger partial charge in [0.2, 0.25) is 0 Å². The van der Waals surface area contributed by atoms with Crippen LogP contribution < -0.4 is 10.1 Å². The highest BCUT2D eigenvalue weighted by atomic mass is 19.4. The van der Waals surface area contributed by atoms with Crippen molar-refractivity contribution in [2.24, 2.45) is 0 Å². The minimum absolute atomic E-state index is 0.105. The Morgan fingerprint density at radius 1 is 1.38 bits per heavy atom. The van der Waals surface area contributed by atoms with E-state index in [1.165, 1.54) is 11.9 Å². The molecule has 21 heavy (non-hydrogen) atoms. The van der Waals surface area contributed by atoms with Crippen molar-refractivity contribution in [3.8, 4) is 5.75 Å². The number of benzene rings is 1. The van der Waals surface area contributed by atoms with Crippen molar-refractivity contribution in [2.45, 2.75) is 31.1 Å². The predicted octanol–water partition coefficient (Wildman–Crippen LogP) is 2.76. The minimum atomic E-state index is -4.17. The Morgan fingerprint density at radius 3 is 2.67 bits per heavy atom. The van der Waals surface area contributed by atoms with Gasteiger partial charge in [-0.2, -0.15) is 13.2 Å². The number of hydrogen-bond acceptors (Lipinski definition) is 3. The fourth-order valence-corrected chi connectivity index (χ4v) is 3.13. The van der Waals surface area contributed by atoms with Crippen LogP contribution in [0.25, 0.3) is 0 Å². The second kappa shape index (κ2) is 6.23. The van der Waals surface area contributed by atoms with Crippen LogP contribution in [0.5, 0.6) is 5.75 Å². The van der Waals surface area contributed by atoms with Crippen LogP contribution >= 0.6 is 0 Å². The summed E-state index contributed by atoms with van der Waals surface area (Å²) in [6, 6.07) is 5.50. The number of likely N-dealkylation sites (N-methyl/N-ethyl adjacent to an activating group) is 2. The molecule has 6 heteroatoms. The van der Waals surface area contributed by atoms with Gasteiger partial charge >= 0.3 is 6.18 Å². The summed E-state index contributed by atoms with van der Waals surface area (Å²) in [4.78, 5) is 1.40. The van der Waals surface area contributed by atoms with Gasteiger partial charge in [-0.15, -0.1) is 0 Å². The van der Waals surface area contributed by atoms with E-state index in [0.717, 1.165) is 23.3 Å². The van der Waals surface area contributed by atoms with Gasteiger partial charge in [0.15, 0.2) is 0 Å². The minimum Gasteiger partial charge on any atom is -0.497 e. The van der Waals surface area contributed by atoms with E-state index in [2.05, 4.69) is 5.32 Å². The summed E-state index contributed by atoms with van der Waals surface area (Å²) < 4.78 is 43.0. The highest BCUT2D eigenvalue weighted by molar-refractivity contribution is 5.40. The molecule has 1 aliphatic carbocycles. The maximum absolute atomic E-state index is 12.6. The first-order chi connectivity index (χ1) is 9.85. The number of nitrogens with zero attached hydrogens (tertiary/aromatic N) is 1. The van der Waals surface area contributed by atoms with E-state index < -0.39 is 12.7 Å². The Kier molecular flexibility index (Phi) is 4.78. The zero-order valence-corrected chi connectivity index (χ0v) is 12.5. The molecule has 118 valence electrons. The fourth-order valence-electron chi connectivity index (χ4n) is 3.13. The van der Waals surface area contributed by atoms with Gasteiger partial charge in [-0.3, -0.25) is 4.90 Å². The molecule has 2 unspecified atom stereocenters. The predicted molar refractivity (Wildman–Crippen MR) is 75.6 cm³/mol. The largest absolute Gasteiger partial charge is 0.497 e. The maximum atomic E-state index is 12.6. The third kappa shape index (κ3) is 3.68. The SMILES string of the molecule is CNC1c2ccc(OC)cc2CCC1N(C)CC(F)(F)F. The Hall–Kier alpha value is -1.27. The van der Waals surface area contributed by atoms with Crippen LogP contribution in [0.3, 0.4) is 0 Å². The van der Waals surface area contributed by atoms with Gasteiger partial charge in [-0.05, 0) is 50.2 Å². The summed E-state index contributed by atoms with van der Waals surface area (Å²) in [5.74, 6) is 0.783. The monoisotopic (exact) mass is 302 g/mol. The molecule has 0 aliphatic heterocycles. The molecule has 2 atom stereocenters. The number of hydrogen-bond donors (Lipinski definition) is 1. The average Bonchev–Trinajstić information content (AvgIpc) is 2.43. The number of halogens is 3. The number of methoxy groups -OCH3 is 1. The lowest BCUT2D eigenvalue weighted by molar-refractivity contribution is -0.149. The van der Waals surface area contributed by atoms with Crippen LogP contribution in [0, 0.1) is 0 Å². The maximum Gasteiger partial charge on any atom is 0.401 e. The Balaban J connectivity index is 2.23. The number of rotatable bonds is 4. The summed E-state index contributed by atoms with van der Waals surface area (Å²) in [5.41, 5.74) is 2.20. The van der Waals surface area contributed by atoms with Gasteiger partial charge in [-0.1, -0.05) is 6.07 Å². The van der Waals surface area contributed by atoms with Gasteiger partial charge in [0.05, 0.1) is 13.7 Å². The van der Waals surface area contributed by atoms with Gasteiger partial charge in [0.1, 0.15) is 5.75 Å².